The van der Waals surface area contributed by atoms with Crippen LogP contribution >= 0.6 is 0 Å². The van der Waals surface area contributed by atoms with Gasteiger partial charge in [0.2, 0.25) is 11.8 Å². The van der Waals surface area contributed by atoms with Crippen molar-refractivity contribution in [3.05, 3.63) is 83.9 Å². The van der Waals surface area contributed by atoms with Crippen molar-refractivity contribution in [1.29, 1.82) is 0 Å². The SMILES string of the molecule is CC(C)N1CC(C(=O)Nc2ccc(C(=O)Nc3ccc(S(=O)(=O)N4CCCc5ccccc54)cc3)cc2)CC1=O. The van der Waals surface area contributed by atoms with Gasteiger partial charge in [0.1, 0.15) is 0 Å². The second kappa shape index (κ2) is 11.1. The van der Waals surface area contributed by atoms with Gasteiger partial charge in [-0.25, -0.2) is 8.42 Å². The molecule has 3 amide bonds. The average molecular weight is 561 g/mol. The van der Waals surface area contributed by atoms with Gasteiger partial charge in [-0.1, -0.05) is 18.2 Å². The summed E-state index contributed by atoms with van der Waals surface area (Å²) < 4.78 is 28.1. The van der Waals surface area contributed by atoms with Gasteiger partial charge in [0, 0.05) is 42.5 Å². The Morgan fingerprint density at radius 1 is 0.900 bits per heavy atom. The summed E-state index contributed by atoms with van der Waals surface area (Å²) >= 11 is 0. The summed E-state index contributed by atoms with van der Waals surface area (Å²) in [5.74, 6) is -1.02. The molecule has 9 nitrogen and oxygen atoms in total. The van der Waals surface area contributed by atoms with Crippen LogP contribution in [0.1, 0.15) is 42.6 Å². The van der Waals surface area contributed by atoms with Crippen molar-refractivity contribution in [1.82, 2.24) is 4.90 Å². The molecular formula is C30H32N4O5S. The van der Waals surface area contributed by atoms with Gasteiger partial charge < -0.3 is 15.5 Å². The number of rotatable bonds is 7. The number of para-hydroxylation sites is 1. The molecule has 3 aromatic carbocycles. The predicted molar refractivity (Wildman–Crippen MR) is 154 cm³/mol. The van der Waals surface area contributed by atoms with Crippen molar-refractivity contribution < 1.29 is 22.8 Å². The Morgan fingerprint density at radius 3 is 2.23 bits per heavy atom. The predicted octanol–water partition coefficient (Wildman–Crippen LogP) is 4.28. The highest BCUT2D eigenvalue weighted by Crippen LogP contribution is 2.32. The smallest absolute Gasteiger partial charge is 0.264 e. The fourth-order valence-electron chi connectivity index (χ4n) is 5.15. The number of likely N-dealkylation sites (tertiary alicyclic amines) is 1. The molecule has 40 heavy (non-hydrogen) atoms. The molecular weight excluding hydrogens is 528 g/mol. The number of amides is 3. The number of nitrogens with one attached hydrogen (secondary N) is 2. The molecule has 1 atom stereocenters. The van der Waals surface area contributed by atoms with E-state index in [4.69, 9.17) is 0 Å². The third-order valence-electron chi connectivity index (χ3n) is 7.34. The maximum Gasteiger partial charge on any atom is 0.264 e. The first-order valence-corrected chi connectivity index (χ1v) is 14.8. The number of anilines is 3. The molecule has 2 N–H and O–H groups in total. The van der Waals surface area contributed by atoms with Gasteiger partial charge in [0.05, 0.1) is 16.5 Å². The molecule has 1 fully saturated rings. The van der Waals surface area contributed by atoms with Crippen LogP contribution in [0.15, 0.2) is 77.7 Å². The Hall–Kier alpha value is -4.18. The number of nitrogens with zero attached hydrogens (tertiary/aromatic N) is 2. The van der Waals surface area contributed by atoms with E-state index in [-0.39, 0.29) is 35.1 Å². The van der Waals surface area contributed by atoms with Crippen molar-refractivity contribution in [3.8, 4) is 0 Å². The van der Waals surface area contributed by atoms with Crippen LogP contribution < -0.4 is 14.9 Å². The highest BCUT2D eigenvalue weighted by molar-refractivity contribution is 7.92. The largest absolute Gasteiger partial charge is 0.339 e. The summed E-state index contributed by atoms with van der Waals surface area (Å²) in [6, 6.07) is 20.2. The van der Waals surface area contributed by atoms with Crippen molar-refractivity contribution >= 4 is 44.8 Å². The molecule has 2 heterocycles. The van der Waals surface area contributed by atoms with E-state index in [0.29, 0.717) is 35.7 Å². The zero-order valence-electron chi connectivity index (χ0n) is 22.5. The maximum absolute atomic E-state index is 13.3. The van der Waals surface area contributed by atoms with E-state index in [9.17, 15) is 22.8 Å². The molecule has 0 bridgehead atoms. The van der Waals surface area contributed by atoms with Crippen LogP contribution in [0.25, 0.3) is 0 Å². The van der Waals surface area contributed by atoms with Crippen LogP contribution in [0.5, 0.6) is 0 Å². The molecule has 2 aliphatic heterocycles. The van der Waals surface area contributed by atoms with Gasteiger partial charge in [-0.05, 0) is 86.8 Å². The second-order valence-corrected chi connectivity index (χ2v) is 12.3. The summed E-state index contributed by atoms with van der Waals surface area (Å²) in [5.41, 5.74) is 3.09. The van der Waals surface area contributed by atoms with Crippen LogP contribution in [0, 0.1) is 5.92 Å². The first kappa shape index (κ1) is 27.4. The number of carbonyl (C=O) groups is 3. The van der Waals surface area contributed by atoms with Gasteiger partial charge in [0.15, 0.2) is 0 Å². The Balaban J connectivity index is 1.20. The number of carbonyl (C=O) groups excluding carboxylic acids is 3. The lowest BCUT2D eigenvalue weighted by molar-refractivity contribution is -0.129. The molecule has 2 aliphatic rings. The fourth-order valence-corrected chi connectivity index (χ4v) is 6.69. The molecule has 10 heteroatoms. The number of benzene rings is 3. The quantitative estimate of drug-likeness (QED) is 0.448. The minimum atomic E-state index is -3.74. The van der Waals surface area contributed by atoms with E-state index in [1.807, 2.05) is 38.1 Å². The Kier molecular flexibility index (Phi) is 7.62. The third-order valence-corrected chi connectivity index (χ3v) is 9.16. The van der Waals surface area contributed by atoms with Crippen molar-refractivity contribution in [2.75, 3.05) is 28.0 Å². The topological polar surface area (TPSA) is 116 Å². The van der Waals surface area contributed by atoms with Gasteiger partial charge in [0.25, 0.3) is 15.9 Å². The molecule has 3 aromatic rings. The third kappa shape index (κ3) is 5.58. The fraction of sp³-hybridized carbons (Fsp3) is 0.300. The normalized spacial score (nSPS) is 17.1. The van der Waals surface area contributed by atoms with Crippen molar-refractivity contribution in [2.24, 2.45) is 5.92 Å². The molecule has 0 radical (unpaired) electrons. The van der Waals surface area contributed by atoms with Gasteiger partial charge in [-0.3, -0.25) is 18.7 Å². The number of hydrogen-bond donors (Lipinski definition) is 2. The molecule has 1 saturated heterocycles. The molecule has 0 spiro atoms. The average Bonchev–Trinajstić information content (AvgIpc) is 3.35. The Bertz CT molecular complexity index is 1540. The molecule has 208 valence electrons. The van der Waals surface area contributed by atoms with E-state index in [1.165, 1.54) is 16.4 Å². The lowest BCUT2D eigenvalue weighted by Crippen LogP contribution is -2.35. The number of aryl methyl sites for hydroxylation is 1. The minimum Gasteiger partial charge on any atom is -0.339 e. The summed E-state index contributed by atoms with van der Waals surface area (Å²) in [4.78, 5) is 39.4. The Labute approximate surface area is 234 Å². The summed E-state index contributed by atoms with van der Waals surface area (Å²) in [5, 5.41) is 5.60. The van der Waals surface area contributed by atoms with Crippen molar-refractivity contribution in [3.63, 3.8) is 0 Å². The van der Waals surface area contributed by atoms with E-state index in [0.717, 1.165) is 18.4 Å². The van der Waals surface area contributed by atoms with Gasteiger partial charge in [-0.2, -0.15) is 0 Å². The summed E-state index contributed by atoms with van der Waals surface area (Å²) in [6.45, 7) is 4.66. The number of hydrogen-bond acceptors (Lipinski definition) is 5. The van der Waals surface area contributed by atoms with Crippen LogP contribution in [0.2, 0.25) is 0 Å². The second-order valence-electron chi connectivity index (χ2n) is 10.4. The zero-order valence-corrected chi connectivity index (χ0v) is 23.3. The van der Waals surface area contributed by atoms with Crippen LogP contribution in [-0.2, 0) is 26.0 Å². The maximum atomic E-state index is 13.3. The number of fused-ring (bicyclic) bond motifs is 1. The molecule has 0 aliphatic carbocycles. The summed E-state index contributed by atoms with van der Waals surface area (Å²) in [7, 11) is -3.74. The minimum absolute atomic E-state index is 0.0235. The highest BCUT2D eigenvalue weighted by atomic mass is 32.2. The lowest BCUT2D eigenvalue weighted by atomic mass is 10.0. The first-order valence-electron chi connectivity index (χ1n) is 13.4. The van der Waals surface area contributed by atoms with E-state index >= 15 is 0 Å². The van der Waals surface area contributed by atoms with Crippen LogP contribution in [0.4, 0.5) is 17.1 Å². The highest BCUT2D eigenvalue weighted by Gasteiger charge is 2.35. The van der Waals surface area contributed by atoms with E-state index < -0.39 is 15.9 Å². The monoisotopic (exact) mass is 560 g/mol. The molecule has 0 aromatic heterocycles. The lowest BCUT2D eigenvalue weighted by Gasteiger charge is -2.30. The van der Waals surface area contributed by atoms with Crippen LogP contribution in [-0.4, -0.2) is 50.2 Å². The Morgan fingerprint density at radius 2 is 1.55 bits per heavy atom. The number of sulfonamides is 1. The van der Waals surface area contributed by atoms with E-state index in [1.54, 1.807) is 41.3 Å². The molecule has 5 rings (SSSR count). The van der Waals surface area contributed by atoms with E-state index in [2.05, 4.69) is 10.6 Å². The standard InChI is InChI=1S/C30H32N4O5S/c1-20(2)33-19-23(18-28(33)35)30(37)32-24-11-9-22(10-12-24)29(36)31-25-13-15-26(16-14-25)40(38,39)34-17-5-7-21-6-3-4-8-27(21)34/h3-4,6,8-16,20,23H,5,7,17-19H2,1-2H3,(H,31,36)(H,32,37). The van der Waals surface area contributed by atoms with Crippen molar-refractivity contribution in [2.45, 2.75) is 44.0 Å². The first-order chi connectivity index (χ1) is 19.1. The zero-order chi connectivity index (χ0) is 28.4. The van der Waals surface area contributed by atoms with Crippen LogP contribution in [0.3, 0.4) is 0 Å². The summed E-state index contributed by atoms with van der Waals surface area (Å²) in [6.07, 6.45) is 1.79. The molecule has 1 unspecified atom stereocenters. The van der Waals surface area contributed by atoms with Gasteiger partial charge in [-0.15, -0.1) is 0 Å². The molecule has 0 saturated carbocycles. The van der Waals surface area contributed by atoms with Gasteiger partial charge >= 0.3 is 0 Å².